The molecule has 0 bridgehead atoms. The van der Waals surface area contributed by atoms with Crippen molar-refractivity contribution in [2.75, 3.05) is 13.1 Å². The zero-order valence-electron chi connectivity index (χ0n) is 9.68. The summed E-state index contributed by atoms with van der Waals surface area (Å²) >= 11 is 0. The van der Waals surface area contributed by atoms with Gasteiger partial charge in [-0.3, -0.25) is 0 Å². The van der Waals surface area contributed by atoms with Gasteiger partial charge in [-0.2, -0.15) is 8.78 Å². The quantitative estimate of drug-likeness (QED) is 0.702. The number of hydrogen-bond donors (Lipinski definition) is 1. The van der Waals surface area contributed by atoms with Crippen LogP contribution in [-0.2, 0) is 5.92 Å². The minimum atomic E-state index is -2.77. The van der Waals surface area contributed by atoms with E-state index in [1.54, 1.807) is 18.2 Å². The van der Waals surface area contributed by atoms with Crippen molar-refractivity contribution in [3.05, 3.63) is 35.9 Å². The SMILES string of the molecule is CCCCCNCC(F)(F)c1ccccc1. The topological polar surface area (TPSA) is 12.0 Å². The Morgan fingerprint density at radius 2 is 1.81 bits per heavy atom. The molecule has 0 amide bonds. The predicted octanol–water partition coefficient (Wildman–Crippen LogP) is 3.56. The van der Waals surface area contributed by atoms with Crippen LogP contribution in [0.15, 0.2) is 30.3 Å². The minimum Gasteiger partial charge on any atom is -0.311 e. The van der Waals surface area contributed by atoms with Gasteiger partial charge in [-0.05, 0) is 13.0 Å². The number of unbranched alkanes of at least 4 members (excludes halogenated alkanes) is 2. The third-order valence-corrected chi connectivity index (χ3v) is 2.50. The average molecular weight is 227 g/mol. The molecule has 0 radical (unpaired) electrons. The van der Waals surface area contributed by atoms with Crippen molar-refractivity contribution < 1.29 is 8.78 Å². The first-order chi connectivity index (χ1) is 7.67. The highest BCUT2D eigenvalue weighted by atomic mass is 19.3. The molecule has 90 valence electrons. The molecule has 0 spiro atoms. The third-order valence-electron chi connectivity index (χ3n) is 2.50. The fourth-order valence-corrected chi connectivity index (χ4v) is 1.53. The van der Waals surface area contributed by atoms with Gasteiger partial charge in [-0.15, -0.1) is 0 Å². The molecule has 0 aliphatic rings. The first-order valence-corrected chi connectivity index (χ1v) is 5.81. The summed E-state index contributed by atoms with van der Waals surface area (Å²) in [7, 11) is 0. The van der Waals surface area contributed by atoms with E-state index in [0.29, 0.717) is 6.54 Å². The van der Waals surface area contributed by atoms with Gasteiger partial charge in [0.15, 0.2) is 0 Å². The van der Waals surface area contributed by atoms with E-state index >= 15 is 0 Å². The van der Waals surface area contributed by atoms with E-state index in [0.717, 1.165) is 19.3 Å². The Morgan fingerprint density at radius 3 is 2.44 bits per heavy atom. The predicted molar refractivity (Wildman–Crippen MR) is 62.7 cm³/mol. The Bertz CT molecular complexity index is 285. The van der Waals surface area contributed by atoms with Crippen molar-refractivity contribution in [1.82, 2.24) is 5.32 Å². The third kappa shape index (κ3) is 4.27. The highest BCUT2D eigenvalue weighted by Gasteiger charge is 2.30. The monoisotopic (exact) mass is 227 g/mol. The lowest BCUT2D eigenvalue weighted by atomic mass is 10.1. The van der Waals surface area contributed by atoms with Crippen LogP contribution in [0.25, 0.3) is 0 Å². The van der Waals surface area contributed by atoms with Crippen LogP contribution < -0.4 is 5.32 Å². The highest BCUT2D eigenvalue weighted by Crippen LogP contribution is 2.26. The van der Waals surface area contributed by atoms with E-state index < -0.39 is 5.92 Å². The van der Waals surface area contributed by atoms with E-state index in [1.165, 1.54) is 12.1 Å². The number of alkyl halides is 2. The number of rotatable bonds is 7. The molecule has 1 aromatic rings. The van der Waals surface area contributed by atoms with Gasteiger partial charge < -0.3 is 5.32 Å². The van der Waals surface area contributed by atoms with Crippen LogP contribution in [0.5, 0.6) is 0 Å². The van der Waals surface area contributed by atoms with Gasteiger partial charge in [0.1, 0.15) is 0 Å². The lowest BCUT2D eigenvalue weighted by molar-refractivity contribution is -0.00300. The molecule has 0 fully saturated rings. The summed E-state index contributed by atoms with van der Waals surface area (Å²) in [6, 6.07) is 7.95. The second-order valence-electron chi connectivity index (χ2n) is 3.95. The molecule has 0 unspecified atom stereocenters. The second kappa shape index (κ2) is 6.59. The largest absolute Gasteiger partial charge is 0.311 e. The summed E-state index contributed by atoms with van der Waals surface area (Å²) in [5, 5.41) is 2.81. The molecule has 0 saturated carbocycles. The minimum absolute atomic E-state index is 0.0815. The Labute approximate surface area is 95.9 Å². The maximum absolute atomic E-state index is 13.6. The molecule has 1 nitrogen and oxygen atoms in total. The highest BCUT2D eigenvalue weighted by molar-refractivity contribution is 5.20. The molecule has 3 heteroatoms. The standard InChI is InChI=1S/C13H19F2N/c1-2-3-7-10-16-11-13(14,15)12-8-5-4-6-9-12/h4-6,8-9,16H,2-3,7,10-11H2,1H3. The summed E-state index contributed by atoms with van der Waals surface area (Å²) in [5.74, 6) is -2.77. The van der Waals surface area contributed by atoms with Gasteiger partial charge >= 0.3 is 0 Å². The number of nitrogens with one attached hydrogen (secondary N) is 1. The van der Waals surface area contributed by atoms with Gasteiger partial charge in [0, 0.05) is 5.56 Å². The van der Waals surface area contributed by atoms with Crippen molar-refractivity contribution >= 4 is 0 Å². The maximum atomic E-state index is 13.6. The van der Waals surface area contributed by atoms with E-state index in [9.17, 15) is 8.78 Å². The zero-order chi connectivity index (χ0) is 11.9. The van der Waals surface area contributed by atoms with Gasteiger partial charge in [0.25, 0.3) is 5.92 Å². The molecule has 0 heterocycles. The Morgan fingerprint density at radius 1 is 1.12 bits per heavy atom. The Hall–Kier alpha value is -0.960. The normalized spacial score (nSPS) is 11.7. The first kappa shape index (κ1) is 13.1. The van der Waals surface area contributed by atoms with Crippen molar-refractivity contribution in [2.45, 2.75) is 32.1 Å². The van der Waals surface area contributed by atoms with Crippen LogP contribution in [0, 0.1) is 0 Å². The molecule has 0 atom stereocenters. The molecule has 0 aliphatic heterocycles. The molecular formula is C13H19F2N. The summed E-state index contributed by atoms with van der Waals surface area (Å²) in [5.41, 5.74) is 0.0815. The van der Waals surface area contributed by atoms with Crippen molar-refractivity contribution in [1.29, 1.82) is 0 Å². The van der Waals surface area contributed by atoms with Gasteiger partial charge in [-0.25, -0.2) is 0 Å². The first-order valence-electron chi connectivity index (χ1n) is 5.81. The smallest absolute Gasteiger partial charge is 0.285 e. The zero-order valence-corrected chi connectivity index (χ0v) is 9.68. The van der Waals surface area contributed by atoms with Crippen molar-refractivity contribution in [3.63, 3.8) is 0 Å². The second-order valence-corrected chi connectivity index (χ2v) is 3.95. The summed E-state index contributed by atoms with van der Waals surface area (Å²) in [6.45, 7) is 2.48. The summed E-state index contributed by atoms with van der Waals surface area (Å²) in [4.78, 5) is 0. The lowest BCUT2D eigenvalue weighted by Gasteiger charge is -2.17. The van der Waals surface area contributed by atoms with Crippen LogP contribution in [-0.4, -0.2) is 13.1 Å². The van der Waals surface area contributed by atoms with Gasteiger partial charge in [0.05, 0.1) is 6.54 Å². The van der Waals surface area contributed by atoms with E-state index in [-0.39, 0.29) is 12.1 Å². The fraction of sp³-hybridized carbons (Fsp3) is 0.538. The number of hydrogen-bond acceptors (Lipinski definition) is 1. The lowest BCUT2D eigenvalue weighted by Crippen LogP contribution is -2.31. The van der Waals surface area contributed by atoms with Gasteiger partial charge in [-0.1, -0.05) is 50.1 Å². The number of benzene rings is 1. The van der Waals surface area contributed by atoms with Crippen LogP contribution in [0.4, 0.5) is 8.78 Å². The van der Waals surface area contributed by atoms with Gasteiger partial charge in [0.2, 0.25) is 0 Å². The molecule has 1 aromatic carbocycles. The molecule has 1 rings (SSSR count). The van der Waals surface area contributed by atoms with Crippen molar-refractivity contribution in [3.8, 4) is 0 Å². The van der Waals surface area contributed by atoms with E-state index in [1.807, 2.05) is 0 Å². The molecule has 1 N–H and O–H groups in total. The fourth-order valence-electron chi connectivity index (χ4n) is 1.53. The van der Waals surface area contributed by atoms with Crippen LogP contribution in [0.2, 0.25) is 0 Å². The van der Waals surface area contributed by atoms with Crippen LogP contribution >= 0.6 is 0 Å². The molecule has 0 aromatic heterocycles. The Kier molecular flexibility index (Phi) is 5.39. The van der Waals surface area contributed by atoms with Crippen molar-refractivity contribution in [2.24, 2.45) is 0 Å². The molecule has 0 aliphatic carbocycles. The maximum Gasteiger partial charge on any atom is 0.285 e. The van der Waals surface area contributed by atoms with Crippen LogP contribution in [0.1, 0.15) is 31.7 Å². The average Bonchev–Trinajstić information content (AvgIpc) is 2.30. The summed E-state index contributed by atoms with van der Waals surface area (Å²) < 4.78 is 27.2. The molecule has 16 heavy (non-hydrogen) atoms. The van der Waals surface area contributed by atoms with E-state index in [4.69, 9.17) is 0 Å². The number of halogens is 2. The Balaban J connectivity index is 2.35. The molecular weight excluding hydrogens is 208 g/mol. The summed E-state index contributed by atoms with van der Waals surface area (Å²) in [6.07, 6.45) is 3.15. The van der Waals surface area contributed by atoms with E-state index in [2.05, 4.69) is 12.2 Å². The molecule has 0 saturated heterocycles. The van der Waals surface area contributed by atoms with Crippen LogP contribution in [0.3, 0.4) is 0 Å².